The highest BCUT2D eigenvalue weighted by Crippen LogP contribution is 2.43. The van der Waals surface area contributed by atoms with Gasteiger partial charge < -0.3 is 13.9 Å². The van der Waals surface area contributed by atoms with Crippen LogP contribution < -0.4 is 15.5 Å². The van der Waals surface area contributed by atoms with Crippen molar-refractivity contribution in [3.05, 3.63) is 178 Å². The number of furan rings is 1. The van der Waals surface area contributed by atoms with Gasteiger partial charge in [-0.05, 0) is 102 Å². The minimum atomic E-state index is 0.330. The molecule has 11 rings (SSSR count). The number of hydrogen-bond acceptors (Lipinski definition) is 3. The molecule has 0 amide bonds. The maximum absolute atomic E-state index is 6.41. The Balaban J connectivity index is 1.05. The molecule has 52 heavy (non-hydrogen) atoms. The third-order valence-corrected chi connectivity index (χ3v) is 12.4. The zero-order valence-electron chi connectivity index (χ0n) is 28.5. The van der Waals surface area contributed by atoms with E-state index < -0.39 is 0 Å². The Morgan fingerprint density at radius 2 is 1.58 bits per heavy atom. The van der Waals surface area contributed by atoms with E-state index in [4.69, 9.17) is 4.42 Å². The molecule has 3 aliphatic rings. The molecule has 0 bridgehead atoms. The third-order valence-electron chi connectivity index (χ3n) is 11.2. The molecule has 0 N–H and O–H groups in total. The summed E-state index contributed by atoms with van der Waals surface area (Å²) in [6.45, 7) is 4.10. The van der Waals surface area contributed by atoms with Gasteiger partial charge in [0.1, 0.15) is 11.2 Å². The number of para-hydroxylation sites is 1. The summed E-state index contributed by atoms with van der Waals surface area (Å²) in [5, 5.41) is 7.37. The van der Waals surface area contributed by atoms with Crippen LogP contribution >= 0.6 is 11.3 Å². The van der Waals surface area contributed by atoms with Crippen molar-refractivity contribution in [2.75, 3.05) is 4.90 Å². The topological polar surface area (TPSA) is 21.3 Å². The Hall–Kier alpha value is -6.10. The smallest absolute Gasteiger partial charge is 0.137 e. The maximum atomic E-state index is 6.41. The molecule has 0 fully saturated rings. The van der Waals surface area contributed by atoms with Crippen molar-refractivity contribution in [3.63, 3.8) is 0 Å². The van der Waals surface area contributed by atoms with Gasteiger partial charge in [0.15, 0.2) is 0 Å². The summed E-state index contributed by atoms with van der Waals surface area (Å²) < 4.78 is 10.3. The molecule has 0 radical (unpaired) electrons. The molecular weight excluding hydrogens is 653 g/mol. The van der Waals surface area contributed by atoms with E-state index in [1.807, 2.05) is 29.5 Å². The lowest BCUT2D eigenvalue weighted by molar-refractivity contribution is 0.618. The van der Waals surface area contributed by atoms with E-state index in [1.54, 1.807) is 0 Å². The monoisotopic (exact) mass is 686 g/mol. The first kappa shape index (κ1) is 29.6. The second kappa shape index (κ2) is 11.5. The summed E-state index contributed by atoms with van der Waals surface area (Å²) in [5.74, 6) is 0.335. The molecule has 2 atom stereocenters. The third kappa shape index (κ3) is 4.44. The lowest BCUT2D eigenvalue weighted by atomic mass is 9.87. The Morgan fingerprint density at radius 3 is 2.48 bits per heavy atom. The molecule has 4 heterocycles. The zero-order valence-corrected chi connectivity index (χ0v) is 29.3. The molecule has 0 spiro atoms. The van der Waals surface area contributed by atoms with Gasteiger partial charge in [-0.15, -0.1) is 11.3 Å². The lowest BCUT2D eigenvalue weighted by Gasteiger charge is -2.27. The van der Waals surface area contributed by atoms with Crippen LogP contribution in [0.15, 0.2) is 156 Å². The number of nitrogens with zero attached hydrogens (tertiary/aromatic N) is 2. The highest BCUT2D eigenvalue weighted by Gasteiger charge is 2.26. The van der Waals surface area contributed by atoms with Gasteiger partial charge in [-0.2, -0.15) is 0 Å². The number of rotatable bonds is 5. The van der Waals surface area contributed by atoms with Gasteiger partial charge in [0.05, 0.1) is 11.4 Å². The predicted octanol–water partition coefficient (Wildman–Crippen LogP) is 11.8. The first-order valence-electron chi connectivity index (χ1n) is 18.1. The van der Waals surface area contributed by atoms with Gasteiger partial charge in [0, 0.05) is 65.5 Å². The summed E-state index contributed by atoms with van der Waals surface area (Å²) in [7, 11) is 0. The van der Waals surface area contributed by atoms with E-state index in [0.29, 0.717) is 12.0 Å². The van der Waals surface area contributed by atoms with Gasteiger partial charge >= 0.3 is 0 Å². The summed E-state index contributed by atoms with van der Waals surface area (Å²) in [6.07, 6.45) is 19.9. The summed E-state index contributed by atoms with van der Waals surface area (Å²) in [5.41, 5.74) is 10.5. The van der Waals surface area contributed by atoms with Crippen LogP contribution in [-0.4, -0.2) is 4.57 Å². The minimum absolute atomic E-state index is 0.330. The number of fused-ring (bicyclic) bond motifs is 11. The quantitative estimate of drug-likeness (QED) is 0.180. The van der Waals surface area contributed by atoms with Gasteiger partial charge in [0.25, 0.3) is 0 Å². The van der Waals surface area contributed by atoms with E-state index in [1.165, 1.54) is 53.1 Å². The maximum Gasteiger partial charge on any atom is 0.137 e. The van der Waals surface area contributed by atoms with E-state index in [2.05, 4.69) is 156 Å². The molecule has 8 aromatic rings. The molecule has 4 heteroatoms. The summed E-state index contributed by atoms with van der Waals surface area (Å²) >= 11 is 1.90. The van der Waals surface area contributed by atoms with E-state index in [9.17, 15) is 0 Å². The van der Waals surface area contributed by atoms with E-state index in [-0.39, 0.29) is 0 Å². The molecule has 3 aromatic heterocycles. The number of thiophene rings is 1. The Bertz CT molecular complexity index is 3000. The van der Waals surface area contributed by atoms with Crippen LogP contribution in [0.5, 0.6) is 0 Å². The number of aromatic nitrogens is 1. The predicted molar refractivity (Wildman–Crippen MR) is 220 cm³/mol. The number of benzene rings is 5. The molecular formula is C48H34N2OS. The van der Waals surface area contributed by atoms with Crippen LogP contribution in [0.3, 0.4) is 0 Å². The normalized spacial score (nSPS) is 17.8. The van der Waals surface area contributed by atoms with Crippen LogP contribution in [0.25, 0.3) is 61.2 Å². The Kier molecular flexibility index (Phi) is 6.53. The fourth-order valence-electron chi connectivity index (χ4n) is 8.81. The van der Waals surface area contributed by atoms with Crippen molar-refractivity contribution >= 4 is 89.6 Å². The Labute approximate surface area is 305 Å². The highest BCUT2D eigenvalue weighted by molar-refractivity contribution is 7.20. The van der Waals surface area contributed by atoms with Crippen LogP contribution in [-0.2, 0) is 6.42 Å². The molecule has 3 nitrogen and oxygen atoms in total. The average molecular weight is 687 g/mol. The summed E-state index contributed by atoms with van der Waals surface area (Å²) in [6, 6.07) is 40.2. The van der Waals surface area contributed by atoms with Crippen LogP contribution in [0.2, 0.25) is 0 Å². The number of hydrogen-bond donors (Lipinski definition) is 0. The fraction of sp³-hybridized carbons (Fsp3) is 0.0833. The molecule has 0 saturated carbocycles. The minimum Gasteiger partial charge on any atom is -0.456 e. The second-order valence-corrected chi connectivity index (χ2v) is 15.2. The molecule has 2 aliphatic carbocycles. The van der Waals surface area contributed by atoms with Crippen molar-refractivity contribution < 1.29 is 4.42 Å². The SMILES string of the molecule is C=CC=c1c2n(c3ccc(N(c4ccc(C5C=Cc6sc7ccccc7c6C5)cc4)c4ccc5c(c4)oc4ccccc45)cc13)C1CC=CC=C1C=2. The van der Waals surface area contributed by atoms with Gasteiger partial charge in [-0.25, -0.2) is 0 Å². The summed E-state index contributed by atoms with van der Waals surface area (Å²) in [4.78, 5) is 3.77. The number of anilines is 3. The number of allylic oxidation sites excluding steroid dienone is 6. The molecule has 0 saturated heterocycles. The standard InChI is InChI=1S/C48H34N2OS/c1-2-9-36-40-28-34(22-24-43(40)50-42-13-6-3-10-32(42)27-44(36)50)49(35-21-23-38-37-11-4-7-14-45(37)51-46(38)29-35)33-19-16-30(17-20-33)31-18-25-48-41(26-31)39-12-5-8-15-47(39)52-48/h2-12,14-25,27-29,31,42H,1,13,26H2. The van der Waals surface area contributed by atoms with Crippen molar-refractivity contribution in [2.24, 2.45) is 0 Å². The highest BCUT2D eigenvalue weighted by atomic mass is 32.1. The first-order valence-corrected chi connectivity index (χ1v) is 18.9. The lowest BCUT2D eigenvalue weighted by Crippen LogP contribution is -2.26. The van der Waals surface area contributed by atoms with Crippen LogP contribution in [0, 0.1) is 0 Å². The van der Waals surface area contributed by atoms with Crippen molar-refractivity contribution in [1.82, 2.24) is 4.57 Å². The largest absolute Gasteiger partial charge is 0.456 e. The van der Waals surface area contributed by atoms with E-state index in [0.717, 1.165) is 51.8 Å². The molecule has 2 unspecified atom stereocenters. The fourth-order valence-corrected chi connectivity index (χ4v) is 9.96. The van der Waals surface area contributed by atoms with E-state index >= 15 is 0 Å². The zero-order chi connectivity index (χ0) is 34.3. The van der Waals surface area contributed by atoms with Gasteiger partial charge in [-0.1, -0.05) is 91.6 Å². The second-order valence-electron chi connectivity index (χ2n) is 14.1. The van der Waals surface area contributed by atoms with Crippen molar-refractivity contribution in [1.29, 1.82) is 0 Å². The average Bonchev–Trinajstić information content (AvgIpc) is 3.94. The molecule has 1 aliphatic heterocycles. The Morgan fingerprint density at radius 1 is 0.788 bits per heavy atom. The first-order chi connectivity index (χ1) is 25.7. The van der Waals surface area contributed by atoms with Crippen molar-refractivity contribution in [2.45, 2.75) is 24.8 Å². The molecule has 5 aromatic carbocycles. The van der Waals surface area contributed by atoms with Gasteiger partial charge in [0.2, 0.25) is 0 Å². The van der Waals surface area contributed by atoms with Gasteiger partial charge in [-0.3, -0.25) is 0 Å². The van der Waals surface area contributed by atoms with Crippen LogP contribution in [0.1, 0.15) is 34.4 Å². The van der Waals surface area contributed by atoms with Crippen molar-refractivity contribution in [3.8, 4) is 0 Å². The van der Waals surface area contributed by atoms with Crippen LogP contribution in [0.4, 0.5) is 17.1 Å². The molecule has 248 valence electrons.